The van der Waals surface area contributed by atoms with Crippen molar-refractivity contribution in [1.29, 1.82) is 0 Å². The first-order valence-electron chi connectivity index (χ1n) is 8.92. The van der Waals surface area contributed by atoms with Crippen molar-refractivity contribution >= 4 is 16.9 Å². The fourth-order valence-electron chi connectivity index (χ4n) is 3.70. The van der Waals surface area contributed by atoms with Gasteiger partial charge in [-0.25, -0.2) is 4.98 Å². The van der Waals surface area contributed by atoms with Gasteiger partial charge in [-0.2, -0.15) is 4.98 Å². The number of nitrogens with zero attached hydrogens (tertiary/aromatic N) is 4. The van der Waals surface area contributed by atoms with E-state index in [1.54, 1.807) is 0 Å². The molecule has 3 aromatic rings. The molecule has 0 saturated carbocycles. The second-order valence-electron chi connectivity index (χ2n) is 6.55. The first-order valence-corrected chi connectivity index (χ1v) is 8.92. The topological polar surface area (TPSA) is 67.1 Å². The normalized spacial score (nSPS) is 18.1. The number of anilines is 1. The van der Waals surface area contributed by atoms with E-state index in [1.807, 2.05) is 12.1 Å². The third-order valence-corrected chi connectivity index (χ3v) is 5.08. The summed E-state index contributed by atoms with van der Waals surface area (Å²) in [5.74, 6) is 0.799. The van der Waals surface area contributed by atoms with Crippen molar-refractivity contribution in [2.75, 3.05) is 25.0 Å². The summed E-state index contributed by atoms with van der Waals surface area (Å²) in [4.78, 5) is 11.2. The average molecular weight is 337 g/mol. The minimum atomic E-state index is 0.523. The summed E-state index contributed by atoms with van der Waals surface area (Å²) in [6.45, 7) is 7.44. The van der Waals surface area contributed by atoms with Gasteiger partial charge in [-0.05, 0) is 38.4 Å². The van der Waals surface area contributed by atoms with Gasteiger partial charge in [-0.3, -0.25) is 4.90 Å². The van der Waals surface area contributed by atoms with Crippen molar-refractivity contribution in [3.63, 3.8) is 0 Å². The molecule has 1 fully saturated rings. The lowest BCUT2D eigenvalue weighted by molar-refractivity contribution is 0.277. The van der Waals surface area contributed by atoms with E-state index in [0.717, 1.165) is 41.1 Å². The van der Waals surface area contributed by atoms with E-state index < -0.39 is 0 Å². The van der Waals surface area contributed by atoms with Crippen molar-refractivity contribution in [2.24, 2.45) is 0 Å². The van der Waals surface area contributed by atoms with Crippen LogP contribution in [0.1, 0.15) is 25.3 Å². The maximum atomic E-state index is 5.46. The van der Waals surface area contributed by atoms with Crippen LogP contribution in [0.4, 0.5) is 5.82 Å². The SMILES string of the molecule is CCN1CCC[C@H]1CNc1ncnc2onc(-c3ccccc3C)c12. The lowest BCUT2D eigenvalue weighted by Crippen LogP contribution is -2.34. The summed E-state index contributed by atoms with van der Waals surface area (Å²) in [5.41, 5.74) is 3.53. The van der Waals surface area contributed by atoms with Gasteiger partial charge in [0, 0.05) is 18.2 Å². The highest BCUT2D eigenvalue weighted by Gasteiger charge is 2.24. The fourth-order valence-corrected chi connectivity index (χ4v) is 3.70. The Hall–Kier alpha value is -2.47. The number of nitrogens with one attached hydrogen (secondary N) is 1. The molecule has 0 bridgehead atoms. The number of aryl methyl sites for hydroxylation is 1. The van der Waals surface area contributed by atoms with E-state index >= 15 is 0 Å². The first-order chi connectivity index (χ1) is 12.3. The maximum Gasteiger partial charge on any atom is 0.263 e. The summed E-state index contributed by atoms with van der Waals surface area (Å²) in [5, 5.41) is 8.65. The lowest BCUT2D eigenvalue weighted by atomic mass is 10.0. The number of likely N-dealkylation sites (tertiary alicyclic amines) is 1. The van der Waals surface area contributed by atoms with Crippen molar-refractivity contribution in [1.82, 2.24) is 20.0 Å². The van der Waals surface area contributed by atoms with Crippen LogP contribution in [0.25, 0.3) is 22.4 Å². The second kappa shape index (κ2) is 6.80. The Kier molecular flexibility index (Phi) is 4.36. The molecule has 1 aromatic carbocycles. The van der Waals surface area contributed by atoms with Crippen LogP contribution in [-0.2, 0) is 0 Å². The van der Waals surface area contributed by atoms with E-state index in [0.29, 0.717) is 11.8 Å². The highest BCUT2D eigenvalue weighted by atomic mass is 16.5. The van der Waals surface area contributed by atoms with Gasteiger partial charge < -0.3 is 9.84 Å². The molecular formula is C19H23N5O. The molecule has 1 aliphatic heterocycles. The number of rotatable bonds is 5. The zero-order chi connectivity index (χ0) is 17.2. The van der Waals surface area contributed by atoms with E-state index in [-0.39, 0.29) is 0 Å². The second-order valence-corrected chi connectivity index (χ2v) is 6.55. The van der Waals surface area contributed by atoms with E-state index in [4.69, 9.17) is 4.52 Å². The molecule has 3 heterocycles. The van der Waals surface area contributed by atoms with Gasteiger partial charge in [0.15, 0.2) is 0 Å². The molecule has 6 nitrogen and oxygen atoms in total. The number of fused-ring (bicyclic) bond motifs is 1. The van der Waals surface area contributed by atoms with Crippen molar-refractivity contribution in [3.05, 3.63) is 36.2 Å². The third-order valence-electron chi connectivity index (χ3n) is 5.08. The summed E-state index contributed by atoms with van der Waals surface area (Å²) in [6.07, 6.45) is 4.02. The molecule has 1 aliphatic rings. The molecule has 6 heteroatoms. The zero-order valence-electron chi connectivity index (χ0n) is 14.7. The smallest absolute Gasteiger partial charge is 0.263 e. The number of hydrogen-bond acceptors (Lipinski definition) is 6. The van der Waals surface area contributed by atoms with Gasteiger partial charge in [0.25, 0.3) is 5.71 Å². The summed E-state index contributed by atoms with van der Waals surface area (Å²) in [7, 11) is 0. The van der Waals surface area contributed by atoms with Gasteiger partial charge in [0.2, 0.25) is 0 Å². The maximum absolute atomic E-state index is 5.46. The molecule has 1 saturated heterocycles. The van der Waals surface area contributed by atoms with Gasteiger partial charge in [-0.15, -0.1) is 0 Å². The molecule has 0 unspecified atom stereocenters. The lowest BCUT2D eigenvalue weighted by Gasteiger charge is -2.23. The fraction of sp³-hybridized carbons (Fsp3) is 0.421. The van der Waals surface area contributed by atoms with Crippen LogP contribution in [0.15, 0.2) is 35.1 Å². The largest absolute Gasteiger partial charge is 0.368 e. The van der Waals surface area contributed by atoms with E-state index in [9.17, 15) is 0 Å². The van der Waals surface area contributed by atoms with E-state index in [2.05, 4.69) is 51.3 Å². The number of aromatic nitrogens is 3. The summed E-state index contributed by atoms with van der Waals surface area (Å²) in [6, 6.07) is 8.72. The third kappa shape index (κ3) is 2.98. The quantitative estimate of drug-likeness (QED) is 0.769. The van der Waals surface area contributed by atoms with Gasteiger partial charge in [-0.1, -0.05) is 36.3 Å². The number of likely N-dealkylation sites (N-methyl/N-ethyl adjacent to an activating group) is 1. The Morgan fingerprint density at radius 2 is 2.16 bits per heavy atom. The number of hydrogen-bond donors (Lipinski definition) is 1. The molecule has 25 heavy (non-hydrogen) atoms. The molecule has 1 atom stereocenters. The molecule has 0 amide bonds. The Bertz CT molecular complexity index is 875. The standard InChI is InChI=1S/C19H23N5O/c1-3-24-10-6-8-14(24)11-20-18-16-17(15-9-5-4-7-13(15)2)23-25-19(16)22-12-21-18/h4-5,7,9,12,14H,3,6,8,10-11H2,1-2H3,(H,20,21,22)/t14-/m0/s1. The van der Waals surface area contributed by atoms with Crippen molar-refractivity contribution in [3.8, 4) is 11.3 Å². The average Bonchev–Trinajstić information content (AvgIpc) is 3.27. The van der Waals surface area contributed by atoms with Crippen LogP contribution in [-0.4, -0.2) is 45.7 Å². The first kappa shape index (κ1) is 16.0. The Morgan fingerprint density at radius 3 is 3.00 bits per heavy atom. The molecule has 0 radical (unpaired) electrons. The van der Waals surface area contributed by atoms with E-state index in [1.165, 1.54) is 25.7 Å². The number of benzene rings is 1. The zero-order valence-corrected chi connectivity index (χ0v) is 14.7. The molecule has 1 N–H and O–H groups in total. The van der Waals surface area contributed by atoms with Crippen molar-refractivity contribution < 1.29 is 4.52 Å². The monoisotopic (exact) mass is 337 g/mol. The molecular weight excluding hydrogens is 314 g/mol. The Morgan fingerprint density at radius 1 is 1.28 bits per heavy atom. The predicted molar refractivity (Wildman–Crippen MR) is 98.5 cm³/mol. The van der Waals surface area contributed by atoms with Gasteiger partial charge in [0.05, 0.1) is 0 Å². The minimum Gasteiger partial charge on any atom is -0.368 e. The Labute approximate surface area is 147 Å². The molecule has 0 spiro atoms. The van der Waals surface area contributed by atoms with Crippen molar-refractivity contribution in [2.45, 2.75) is 32.7 Å². The molecule has 4 rings (SSSR count). The van der Waals surface area contributed by atoms with Crippen LogP contribution >= 0.6 is 0 Å². The summed E-state index contributed by atoms with van der Waals surface area (Å²) < 4.78 is 5.46. The predicted octanol–water partition coefficient (Wildman–Crippen LogP) is 3.49. The summed E-state index contributed by atoms with van der Waals surface area (Å²) >= 11 is 0. The van der Waals surface area contributed by atoms with Crippen LogP contribution < -0.4 is 5.32 Å². The van der Waals surface area contributed by atoms with Gasteiger partial charge >= 0.3 is 0 Å². The highest BCUT2D eigenvalue weighted by molar-refractivity contribution is 5.98. The van der Waals surface area contributed by atoms with Crippen LogP contribution in [0.3, 0.4) is 0 Å². The van der Waals surface area contributed by atoms with Gasteiger partial charge in [0.1, 0.15) is 23.2 Å². The Balaban J connectivity index is 1.68. The molecule has 130 valence electrons. The molecule has 0 aliphatic carbocycles. The van der Waals surface area contributed by atoms with Crippen LogP contribution in [0.2, 0.25) is 0 Å². The highest BCUT2D eigenvalue weighted by Crippen LogP contribution is 2.33. The van der Waals surface area contributed by atoms with Crippen LogP contribution in [0.5, 0.6) is 0 Å². The minimum absolute atomic E-state index is 0.523. The van der Waals surface area contributed by atoms with Crippen LogP contribution in [0, 0.1) is 6.92 Å². The molecule has 2 aromatic heterocycles.